The first-order chi connectivity index (χ1) is 10.0. The molecular formula is C16H27N3O2. The molecule has 0 spiro atoms. The highest BCUT2D eigenvalue weighted by Gasteiger charge is 2.13. The molecule has 0 aliphatic carbocycles. The lowest BCUT2D eigenvalue weighted by Gasteiger charge is -2.10. The van der Waals surface area contributed by atoms with Crippen LogP contribution in [0.4, 0.5) is 11.5 Å². The molecule has 0 bridgehead atoms. The van der Waals surface area contributed by atoms with Crippen LogP contribution in [0, 0.1) is 5.92 Å². The third-order valence-electron chi connectivity index (χ3n) is 3.31. The zero-order valence-electron chi connectivity index (χ0n) is 13.3. The maximum absolute atomic E-state index is 11.7. The van der Waals surface area contributed by atoms with Gasteiger partial charge in [0.25, 0.3) is 0 Å². The zero-order chi connectivity index (χ0) is 15.7. The number of carbonyl (C=O) groups is 1. The molecule has 1 aromatic heterocycles. The highest BCUT2D eigenvalue weighted by molar-refractivity contribution is 5.95. The van der Waals surface area contributed by atoms with Crippen molar-refractivity contribution in [2.24, 2.45) is 5.92 Å². The fourth-order valence-electron chi connectivity index (χ4n) is 2.13. The number of rotatable bonds is 9. The van der Waals surface area contributed by atoms with Crippen LogP contribution >= 0.6 is 0 Å². The Labute approximate surface area is 127 Å². The maximum atomic E-state index is 11.7. The number of nitrogens with one attached hydrogen (secondary N) is 1. The Kier molecular flexibility index (Phi) is 7.58. The van der Waals surface area contributed by atoms with E-state index in [9.17, 15) is 4.79 Å². The summed E-state index contributed by atoms with van der Waals surface area (Å²) in [5, 5.41) is 3.19. The number of pyridine rings is 1. The molecule has 0 fully saturated rings. The van der Waals surface area contributed by atoms with Gasteiger partial charge in [-0.25, -0.2) is 9.78 Å². The third kappa shape index (κ3) is 6.47. The molecule has 0 radical (unpaired) electrons. The molecule has 1 rings (SSSR count). The molecule has 118 valence electrons. The number of carbonyl (C=O) groups excluding carboxylic acids is 1. The zero-order valence-corrected chi connectivity index (χ0v) is 13.3. The lowest BCUT2D eigenvalue weighted by molar-refractivity contribution is 0.0601. The van der Waals surface area contributed by atoms with Gasteiger partial charge < -0.3 is 15.8 Å². The van der Waals surface area contributed by atoms with E-state index in [1.165, 1.54) is 39.0 Å². The number of unbranched alkanes of at least 4 members (excludes halogenated alkanes) is 3. The lowest BCUT2D eigenvalue weighted by Crippen LogP contribution is -2.11. The predicted molar refractivity (Wildman–Crippen MR) is 86.4 cm³/mol. The summed E-state index contributed by atoms with van der Waals surface area (Å²) in [6.07, 6.45) is 7.61. The molecule has 5 nitrogen and oxygen atoms in total. The smallest absolute Gasteiger partial charge is 0.341 e. The highest BCUT2D eigenvalue weighted by atomic mass is 16.5. The molecule has 0 aliphatic rings. The SMILES string of the molecule is COC(=O)c1cc(N)cnc1NCCCCCCC(C)C. The van der Waals surface area contributed by atoms with Gasteiger partial charge in [-0.15, -0.1) is 0 Å². The van der Waals surface area contributed by atoms with Crippen LogP contribution < -0.4 is 11.1 Å². The van der Waals surface area contributed by atoms with Crippen molar-refractivity contribution in [1.82, 2.24) is 4.98 Å². The summed E-state index contributed by atoms with van der Waals surface area (Å²) < 4.78 is 4.74. The molecular weight excluding hydrogens is 266 g/mol. The van der Waals surface area contributed by atoms with Crippen LogP contribution in [-0.2, 0) is 4.74 Å². The molecule has 1 heterocycles. The number of methoxy groups -OCH3 is 1. The second-order valence-electron chi connectivity index (χ2n) is 5.68. The molecule has 0 aromatic carbocycles. The number of hydrogen-bond acceptors (Lipinski definition) is 5. The monoisotopic (exact) mass is 293 g/mol. The van der Waals surface area contributed by atoms with Gasteiger partial charge in [0.1, 0.15) is 11.4 Å². The number of esters is 1. The number of hydrogen-bond donors (Lipinski definition) is 2. The Balaban J connectivity index is 2.36. The Morgan fingerprint density at radius 3 is 2.71 bits per heavy atom. The van der Waals surface area contributed by atoms with Crippen molar-refractivity contribution in [3.63, 3.8) is 0 Å². The molecule has 0 saturated carbocycles. The van der Waals surface area contributed by atoms with Crippen molar-refractivity contribution in [2.45, 2.75) is 46.0 Å². The molecule has 5 heteroatoms. The summed E-state index contributed by atoms with van der Waals surface area (Å²) in [6.45, 7) is 5.30. The number of nitrogens with two attached hydrogens (primary N) is 1. The minimum absolute atomic E-state index is 0.386. The average Bonchev–Trinajstić information content (AvgIpc) is 2.46. The Bertz CT molecular complexity index is 447. The van der Waals surface area contributed by atoms with E-state index in [1.807, 2.05) is 0 Å². The minimum atomic E-state index is -0.422. The number of anilines is 2. The summed E-state index contributed by atoms with van der Waals surface area (Å²) >= 11 is 0. The molecule has 1 aromatic rings. The van der Waals surface area contributed by atoms with Gasteiger partial charge in [-0.1, -0.05) is 39.5 Å². The predicted octanol–water partition coefficient (Wildman–Crippen LogP) is 3.47. The summed E-state index contributed by atoms with van der Waals surface area (Å²) in [5.41, 5.74) is 6.50. The van der Waals surface area contributed by atoms with E-state index in [1.54, 1.807) is 6.07 Å². The van der Waals surface area contributed by atoms with Gasteiger partial charge in [-0.3, -0.25) is 0 Å². The van der Waals surface area contributed by atoms with Crippen molar-refractivity contribution in [1.29, 1.82) is 0 Å². The Hall–Kier alpha value is -1.78. The highest BCUT2D eigenvalue weighted by Crippen LogP contribution is 2.17. The van der Waals surface area contributed by atoms with Crippen LogP contribution in [0.15, 0.2) is 12.3 Å². The fraction of sp³-hybridized carbons (Fsp3) is 0.625. The number of nitrogen functional groups attached to an aromatic ring is 1. The Morgan fingerprint density at radius 2 is 2.05 bits per heavy atom. The molecule has 0 amide bonds. The summed E-state index contributed by atoms with van der Waals surface area (Å²) in [6, 6.07) is 1.59. The first-order valence-electron chi connectivity index (χ1n) is 7.62. The van der Waals surface area contributed by atoms with Gasteiger partial charge in [0.05, 0.1) is 19.0 Å². The Morgan fingerprint density at radius 1 is 1.33 bits per heavy atom. The van der Waals surface area contributed by atoms with Crippen molar-refractivity contribution in [2.75, 3.05) is 24.7 Å². The molecule has 0 aliphatic heterocycles. The average molecular weight is 293 g/mol. The van der Waals surface area contributed by atoms with Gasteiger partial charge in [0.15, 0.2) is 0 Å². The third-order valence-corrected chi connectivity index (χ3v) is 3.31. The summed E-state index contributed by atoms with van der Waals surface area (Å²) in [5.74, 6) is 0.900. The summed E-state index contributed by atoms with van der Waals surface area (Å²) in [4.78, 5) is 15.8. The number of ether oxygens (including phenoxy) is 1. The maximum Gasteiger partial charge on any atom is 0.341 e. The minimum Gasteiger partial charge on any atom is -0.465 e. The van der Waals surface area contributed by atoms with Crippen LogP contribution in [-0.4, -0.2) is 24.6 Å². The van der Waals surface area contributed by atoms with Crippen LogP contribution in [0.25, 0.3) is 0 Å². The topological polar surface area (TPSA) is 77.2 Å². The van der Waals surface area contributed by atoms with E-state index < -0.39 is 5.97 Å². The van der Waals surface area contributed by atoms with E-state index in [2.05, 4.69) is 24.1 Å². The van der Waals surface area contributed by atoms with Crippen molar-refractivity contribution in [3.05, 3.63) is 17.8 Å². The van der Waals surface area contributed by atoms with Gasteiger partial charge in [0.2, 0.25) is 0 Å². The molecule has 21 heavy (non-hydrogen) atoms. The molecule has 3 N–H and O–H groups in total. The second kappa shape index (κ2) is 9.21. The first-order valence-corrected chi connectivity index (χ1v) is 7.62. The van der Waals surface area contributed by atoms with Gasteiger partial charge >= 0.3 is 5.97 Å². The normalized spacial score (nSPS) is 10.7. The molecule has 0 unspecified atom stereocenters. The fourth-order valence-corrected chi connectivity index (χ4v) is 2.13. The molecule has 0 saturated heterocycles. The van der Waals surface area contributed by atoms with Gasteiger partial charge in [0, 0.05) is 6.54 Å². The van der Waals surface area contributed by atoms with Crippen molar-refractivity contribution < 1.29 is 9.53 Å². The van der Waals surface area contributed by atoms with Crippen molar-refractivity contribution in [3.8, 4) is 0 Å². The van der Waals surface area contributed by atoms with E-state index in [4.69, 9.17) is 10.5 Å². The number of aromatic nitrogens is 1. The van der Waals surface area contributed by atoms with E-state index in [-0.39, 0.29) is 0 Å². The van der Waals surface area contributed by atoms with E-state index in [0.717, 1.165) is 18.9 Å². The number of nitrogens with zero attached hydrogens (tertiary/aromatic N) is 1. The van der Waals surface area contributed by atoms with Crippen LogP contribution in [0.2, 0.25) is 0 Å². The molecule has 0 atom stereocenters. The van der Waals surface area contributed by atoms with Crippen LogP contribution in [0.1, 0.15) is 56.3 Å². The summed E-state index contributed by atoms with van der Waals surface area (Å²) in [7, 11) is 1.35. The standard InChI is InChI=1S/C16H27N3O2/c1-12(2)8-6-4-5-7-9-18-15-14(16(20)21-3)10-13(17)11-19-15/h10-12H,4-9,17H2,1-3H3,(H,18,19). The van der Waals surface area contributed by atoms with Crippen LogP contribution in [0.5, 0.6) is 0 Å². The largest absolute Gasteiger partial charge is 0.465 e. The van der Waals surface area contributed by atoms with Gasteiger partial charge in [-0.2, -0.15) is 0 Å². The van der Waals surface area contributed by atoms with Gasteiger partial charge in [-0.05, 0) is 18.4 Å². The van der Waals surface area contributed by atoms with Crippen LogP contribution in [0.3, 0.4) is 0 Å². The van der Waals surface area contributed by atoms with E-state index in [0.29, 0.717) is 17.1 Å². The first kappa shape index (κ1) is 17.3. The van der Waals surface area contributed by atoms with Crippen molar-refractivity contribution >= 4 is 17.5 Å². The van der Waals surface area contributed by atoms with E-state index >= 15 is 0 Å². The quantitative estimate of drug-likeness (QED) is 0.538. The second-order valence-corrected chi connectivity index (χ2v) is 5.68. The lowest BCUT2D eigenvalue weighted by atomic mass is 10.0.